The fourth-order valence-corrected chi connectivity index (χ4v) is 2.45. The molecule has 0 spiro atoms. The average Bonchev–Trinajstić information content (AvgIpc) is 2.49. The van der Waals surface area contributed by atoms with Crippen molar-refractivity contribution in [3.63, 3.8) is 0 Å². The number of halogens is 1. The second-order valence-corrected chi connectivity index (χ2v) is 6.01. The third-order valence-electron chi connectivity index (χ3n) is 3.28. The fourth-order valence-electron chi connectivity index (χ4n) is 2.09. The lowest BCUT2D eigenvalue weighted by Crippen LogP contribution is -2.29. The summed E-state index contributed by atoms with van der Waals surface area (Å²) in [7, 11) is 2.01. The van der Waals surface area contributed by atoms with Gasteiger partial charge < -0.3 is 10.1 Å². The lowest BCUT2D eigenvalue weighted by Gasteiger charge is -2.16. The topological polar surface area (TPSA) is 21.3 Å². The van der Waals surface area contributed by atoms with Crippen LogP contribution < -0.4 is 10.1 Å². The Hall–Kier alpha value is -1.07. The molecule has 0 heterocycles. The molecule has 2 aromatic carbocycles. The van der Waals surface area contributed by atoms with E-state index in [-0.39, 0.29) is 0 Å². The van der Waals surface area contributed by atoms with Gasteiger partial charge in [0.2, 0.25) is 0 Å². The molecule has 0 aliphatic rings. The molecule has 1 atom stereocenters. The zero-order valence-corrected chi connectivity index (χ0v) is 13.8. The minimum atomic E-state index is 0.443. The number of nitrogens with one attached hydrogen (secondary N) is 1. The Morgan fingerprint density at radius 2 is 1.75 bits per heavy atom. The number of benzene rings is 2. The molecule has 2 aromatic rings. The van der Waals surface area contributed by atoms with Gasteiger partial charge in [-0.1, -0.05) is 30.3 Å². The number of para-hydroxylation sites is 1. The van der Waals surface area contributed by atoms with Crippen LogP contribution in [0.4, 0.5) is 0 Å². The quantitative estimate of drug-likeness (QED) is 0.735. The summed E-state index contributed by atoms with van der Waals surface area (Å²) in [6.07, 6.45) is 2.03. The van der Waals surface area contributed by atoms with E-state index in [2.05, 4.69) is 52.2 Å². The van der Waals surface area contributed by atoms with Crippen molar-refractivity contribution in [1.29, 1.82) is 0 Å². The number of rotatable bonds is 7. The normalized spacial score (nSPS) is 12.1. The molecule has 0 aromatic heterocycles. The van der Waals surface area contributed by atoms with Crippen LogP contribution in [0.25, 0.3) is 0 Å². The van der Waals surface area contributed by atoms with Gasteiger partial charge in [0, 0.05) is 9.61 Å². The van der Waals surface area contributed by atoms with Crippen molar-refractivity contribution in [2.45, 2.75) is 18.9 Å². The average molecular weight is 381 g/mol. The summed E-state index contributed by atoms with van der Waals surface area (Å²) in [4.78, 5) is 0. The van der Waals surface area contributed by atoms with E-state index < -0.39 is 0 Å². The van der Waals surface area contributed by atoms with Gasteiger partial charge in [0.25, 0.3) is 0 Å². The highest BCUT2D eigenvalue weighted by Crippen LogP contribution is 2.12. The second-order valence-electron chi connectivity index (χ2n) is 4.77. The molecule has 0 radical (unpaired) electrons. The van der Waals surface area contributed by atoms with Gasteiger partial charge in [-0.3, -0.25) is 0 Å². The van der Waals surface area contributed by atoms with Crippen molar-refractivity contribution < 1.29 is 4.74 Å². The van der Waals surface area contributed by atoms with Gasteiger partial charge in [-0.05, 0) is 72.3 Å². The summed E-state index contributed by atoms with van der Waals surface area (Å²) < 4.78 is 7.03. The Kier molecular flexibility index (Phi) is 6.33. The summed E-state index contributed by atoms with van der Waals surface area (Å²) in [5, 5.41) is 3.37. The van der Waals surface area contributed by atoms with Gasteiger partial charge in [0.15, 0.2) is 0 Å². The predicted octanol–water partition coefficient (Wildman–Crippen LogP) is 3.89. The number of ether oxygens (including phenoxy) is 1. The van der Waals surface area contributed by atoms with Crippen LogP contribution in [0.15, 0.2) is 54.6 Å². The van der Waals surface area contributed by atoms with E-state index in [1.807, 2.05) is 37.4 Å². The Morgan fingerprint density at radius 1 is 1.05 bits per heavy atom. The molecule has 0 aliphatic heterocycles. The molecular formula is C17H20INO. The molecule has 0 amide bonds. The largest absolute Gasteiger partial charge is 0.494 e. The van der Waals surface area contributed by atoms with Crippen LogP contribution in [0.2, 0.25) is 0 Å². The number of likely N-dealkylation sites (N-methyl/N-ethyl adjacent to an activating group) is 1. The molecule has 2 nitrogen and oxygen atoms in total. The van der Waals surface area contributed by atoms with Crippen LogP contribution in [0.5, 0.6) is 5.75 Å². The van der Waals surface area contributed by atoms with E-state index in [1.165, 1.54) is 9.13 Å². The zero-order valence-electron chi connectivity index (χ0n) is 11.7. The molecule has 0 saturated carbocycles. The van der Waals surface area contributed by atoms with Crippen molar-refractivity contribution in [2.24, 2.45) is 0 Å². The van der Waals surface area contributed by atoms with Crippen LogP contribution >= 0.6 is 22.6 Å². The summed E-state index contributed by atoms with van der Waals surface area (Å²) in [6, 6.07) is 19.1. The molecule has 106 valence electrons. The van der Waals surface area contributed by atoms with Crippen LogP contribution in [0.3, 0.4) is 0 Å². The van der Waals surface area contributed by atoms with Crippen molar-refractivity contribution in [2.75, 3.05) is 13.7 Å². The first-order chi connectivity index (χ1) is 9.78. The maximum atomic E-state index is 5.75. The van der Waals surface area contributed by atoms with E-state index in [0.29, 0.717) is 6.04 Å². The smallest absolute Gasteiger partial charge is 0.119 e. The standard InChI is InChI=1S/C17H20INO/c1-19-16(13-14-7-9-15(18)10-8-14)11-12-20-17-5-3-2-4-6-17/h2-10,16,19H,11-13H2,1H3. The van der Waals surface area contributed by atoms with Crippen molar-refractivity contribution in [1.82, 2.24) is 5.32 Å². The molecule has 2 rings (SSSR count). The van der Waals surface area contributed by atoms with Crippen LogP contribution in [-0.4, -0.2) is 19.7 Å². The lowest BCUT2D eigenvalue weighted by molar-refractivity contribution is 0.288. The summed E-state index contributed by atoms with van der Waals surface area (Å²) in [6.45, 7) is 0.736. The molecule has 0 aliphatic carbocycles. The van der Waals surface area contributed by atoms with Gasteiger partial charge in [-0.25, -0.2) is 0 Å². The third kappa shape index (κ3) is 5.13. The van der Waals surface area contributed by atoms with Crippen LogP contribution in [0, 0.1) is 3.57 Å². The molecular weight excluding hydrogens is 361 g/mol. The van der Waals surface area contributed by atoms with Crippen LogP contribution in [-0.2, 0) is 6.42 Å². The molecule has 0 bridgehead atoms. The van der Waals surface area contributed by atoms with E-state index >= 15 is 0 Å². The fraction of sp³-hybridized carbons (Fsp3) is 0.294. The first-order valence-electron chi connectivity index (χ1n) is 6.87. The highest BCUT2D eigenvalue weighted by Gasteiger charge is 2.07. The van der Waals surface area contributed by atoms with Gasteiger partial charge in [0.05, 0.1) is 6.61 Å². The minimum absolute atomic E-state index is 0.443. The third-order valence-corrected chi connectivity index (χ3v) is 4.00. The Balaban J connectivity index is 1.79. The van der Waals surface area contributed by atoms with Crippen molar-refractivity contribution in [3.8, 4) is 5.75 Å². The number of hydrogen-bond donors (Lipinski definition) is 1. The predicted molar refractivity (Wildman–Crippen MR) is 92.3 cm³/mol. The lowest BCUT2D eigenvalue weighted by atomic mass is 10.0. The molecule has 0 fully saturated rings. The highest BCUT2D eigenvalue weighted by atomic mass is 127. The Labute approximate surface area is 134 Å². The summed E-state index contributed by atoms with van der Waals surface area (Å²) >= 11 is 2.33. The number of hydrogen-bond acceptors (Lipinski definition) is 2. The van der Waals surface area contributed by atoms with E-state index in [9.17, 15) is 0 Å². The highest BCUT2D eigenvalue weighted by molar-refractivity contribution is 14.1. The molecule has 3 heteroatoms. The first-order valence-corrected chi connectivity index (χ1v) is 7.95. The zero-order chi connectivity index (χ0) is 14.2. The van der Waals surface area contributed by atoms with Gasteiger partial charge in [0.1, 0.15) is 5.75 Å². The van der Waals surface area contributed by atoms with E-state index in [1.54, 1.807) is 0 Å². The summed E-state index contributed by atoms with van der Waals surface area (Å²) in [5.41, 5.74) is 1.37. The van der Waals surface area contributed by atoms with E-state index in [0.717, 1.165) is 25.2 Å². The van der Waals surface area contributed by atoms with Gasteiger partial charge >= 0.3 is 0 Å². The van der Waals surface area contributed by atoms with Gasteiger partial charge in [-0.15, -0.1) is 0 Å². The molecule has 1 N–H and O–H groups in total. The Morgan fingerprint density at radius 3 is 2.40 bits per heavy atom. The molecule has 1 unspecified atom stereocenters. The SMILES string of the molecule is CNC(CCOc1ccccc1)Cc1ccc(I)cc1. The monoisotopic (exact) mass is 381 g/mol. The van der Waals surface area contributed by atoms with Gasteiger partial charge in [-0.2, -0.15) is 0 Å². The summed E-state index contributed by atoms with van der Waals surface area (Å²) in [5.74, 6) is 0.941. The Bertz CT molecular complexity index is 498. The van der Waals surface area contributed by atoms with Crippen molar-refractivity contribution in [3.05, 3.63) is 63.7 Å². The van der Waals surface area contributed by atoms with Crippen molar-refractivity contribution >= 4 is 22.6 Å². The first kappa shape index (κ1) is 15.3. The van der Waals surface area contributed by atoms with Crippen LogP contribution in [0.1, 0.15) is 12.0 Å². The second kappa shape index (κ2) is 8.27. The maximum Gasteiger partial charge on any atom is 0.119 e. The molecule has 20 heavy (non-hydrogen) atoms. The van der Waals surface area contributed by atoms with E-state index in [4.69, 9.17) is 4.74 Å². The minimum Gasteiger partial charge on any atom is -0.494 e. The molecule has 0 saturated heterocycles. The maximum absolute atomic E-state index is 5.75.